The standard InChI is InChI=1S/C18H18BrNO4/c1-11-8-20(9-16(11)18(22)23)17(21)10-24-15-5-3-12-6-14(19)4-2-13(12)7-15/h2-7,11,16H,8-10H2,1H3,(H,22,23)/t11-,16-/m1/s1. The number of nitrogens with zero attached hydrogens (tertiary/aromatic N) is 1. The number of carboxylic acids is 1. The Hall–Kier alpha value is -2.08. The Morgan fingerprint density at radius 2 is 1.92 bits per heavy atom. The van der Waals surface area contributed by atoms with Crippen molar-refractivity contribution in [1.82, 2.24) is 4.90 Å². The van der Waals surface area contributed by atoms with Gasteiger partial charge in [-0.1, -0.05) is 35.0 Å². The number of halogens is 1. The van der Waals surface area contributed by atoms with Crippen LogP contribution in [0.25, 0.3) is 10.8 Å². The lowest BCUT2D eigenvalue weighted by Crippen LogP contribution is -2.33. The van der Waals surface area contributed by atoms with Crippen molar-refractivity contribution in [3.63, 3.8) is 0 Å². The molecule has 6 heteroatoms. The van der Waals surface area contributed by atoms with E-state index < -0.39 is 11.9 Å². The van der Waals surface area contributed by atoms with Gasteiger partial charge in [0.05, 0.1) is 5.92 Å². The highest BCUT2D eigenvalue weighted by Gasteiger charge is 2.36. The summed E-state index contributed by atoms with van der Waals surface area (Å²) in [5.74, 6) is -0.931. The molecule has 2 atom stereocenters. The van der Waals surface area contributed by atoms with E-state index in [0.29, 0.717) is 12.3 Å². The van der Waals surface area contributed by atoms with E-state index >= 15 is 0 Å². The molecule has 1 aliphatic heterocycles. The van der Waals surface area contributed by atoms with Crippen LogP contribution >= 0.6 is 15.9 Å². The first-order valence-electron chi connectivity index (χ1n) is 7.77. The number of rotatable bonds is 4. The molecule has 1 fully saturated rings. The summed E-state index contributed by atoms with van der Waals surface area (Å²) in [6.07, 6.45) is 0. The number of likely N-dealkylation sites (tertiary alicyclic amines) is 1. The van der Waals surface area contributed by atoms with Crippen molar-refractivity contribution in [2.45, 2.75) is 6.92 Å². The quantitative estimate of drug-likeness (QED) is 0.868. The summed E-state index contributed by atoms with van der Waals surface area (Å²) in [5.41, 5.74) is 0. The predicted molar refractivity (Wildman–Crippen MR) is 94.0 cm³/mol. The van der Waals surface area contributed by atoms with Crippen LogP contribution in [-0.2, 0) is 9.59 Å². The van der Waals surface area contributed by atoms with E-state index in [4.69, 9.17) is 9.84 Å². The molecule has 0 unspecified atom stereocenters. The monoisotopic (exact) mass is 391 g/mol. The van der Waals surface area contributed by atoms with Crippen LogP contribution in [0.5, 0.6) is 5.75 Å². The van der Waals surface area contributed by atoms with Gasteiger partial charge in [0.15, 0.2) is 6.61 Å². The normalized spacial score (nSPS) is 20.3. The highest BCUT2D eigenvalue weighted by Crippen LogP contribution is 2.25. The second-order valence-corrected chi connectivity index (χ2v) is 7.08. The minimum absolute atomic E-state index is 0.0365. The van der Waals surface area contributed by atoms with Crippen LogP contribution in [0.1, 0.15) is 6.92 Å². The van der Waals surface area contributed by atoms with Crippen molar-refractivity contribution in [2.24, 2.45) is 11.8 Å². The van der Waals surface area contributed by atoms with Gasteiger partial charge in [-0.05, 0) is 41.0 Å². The van der Waals surface area contributed by atoms with Gasteiger partial charge in [0, 0.05) is 17.6 Å². The molecule has 0 aromatic heterocycles. The molecule has 1 amide bonds. The van der Waals surface area contributed by atoms with Crippen molar-refractivity contribution < 1.29 is 19.4 Å². The molecule has 0 saturated carbocycles. The van der Waals surface area contributed by atoms with Gasteiger partial charge in [-0.2, -0.15) is 0 Å². The molecule has 1 saturated heterocycles. The average molecular weight is 392 g/mol. The van der Waals surface area contributed by atoms with E-state index in [0.717, 1.165) is 15.2 Å². The third-order valence-corrected chi connectivity index (χ3v) is 4.91. The Balaban J connectivity index is 1.62. The van der Waals surface area contributed by atoms with E-state index in [2.05, 4.69) is 15.9 Å². The number of aliphatic carboxylic acids is 1. The van der Waals surface area contributed by atoms with E-state index in [1.807, 2.05) is 43.3 Å². The third kappa shape index (κ3) is 3.53. The fourth-order valence-electron chi connectivity index (χ4n) is 3.01. The second-order valence-electron chi connectivity index (χ2n) is 6.16. The summed E-state index contributed by atoms with van der Waals surface area (Å²) >= 11 is 3.43. The lowest BCUT2D eigenvalue weighted by atomic mass is 9.99. The summed E-state index contributed by atoms with van der Waals surface area (Å²) in [5, 5.41) is 11.3. The van der Waals surface area contributed by atoms with Crippen LogP contribution in [-0.4, -0.2) is 41.6 Å². The number of fused-ring (bicyclic) bond motifs is 1. The summed E-state index contributed by atoms with van der Waals surface area (Å²) in [6, 6.07) is 11.6. The fourth-order valence-corrected chi connectivity index (χ4v) is 3.39. The van der Waals surface area contributed by atoms with Crippen LogP contribution < -0.4 is 4.74 Å². The van der Waals surface area contributed by atoms with Gasteiger partial charge in [0.25, 0.3) is 5.91 Å². The molecule has 24 heavy (non-hydrogen) atoms. The van der Waals surface area contributed by atoms with E-state index in [-0.39, 0.29) is 25.0 Å². The molecular formula is C18H18BrNO4. The third-order valence-electron chi connectivity index (χ3n) is 4.42. The molecule has 0 radical (unpaired) electrons. The maximum atomic E-state index is 12.2. The Bertz CT molecular complexity index is 792. The number of carboxylic acid groups (broad SMARTS) is 1. The largest absolute Gasteiger partial charge is 0.484 e. The van der Waals surface area contributed by atoms with Gasteiger partial charge in [0.2, 0.25) is 0 Å². The fraction of sp³-hybridized carbons (Fsp3) is 0.333. The van der Waals surface area contributed by atoms with Gasteiger partial charge >= 0.3 is 5.97 Å². The minimum atomic E-state index is -0.848. The van der Waals surface area contributed by atoms with E-state index in [1.165, 1.54) is 0 Å². The van der Waals surface area contributed by atoms with Crippen molar-refractivity contribution in [3.05, 3.63) is 40.9 Å². The van der Waals surface area contributed by atoms with Crippen molar-refractivity contribution >= 4 is 38.6 Å². The molecule has 2 aromatic carbocycles. The molecule has 5 nitrogen and oxygen atoms in total. The number of hydrogen-bond donors (Lipinski definition) is 1. The van der Waals surface area contributed by atoms with Gasteiger partial charge in [-0.15, -0.1) is 0 Å². The Kier molecular flexibility index (Phi) is 4.76. The number of hydrogen-bond acceptors (Lipinski definition) is 3. The first-order valence-corrected chi connectivity index (χ1v) is 8.56. The first kappa shape index (κ1) is 16.8. The number of benzene rings is 2. The Labute approximate surface area is 148 Å². The second kappa shape index (κ2) is 6.81. The highest BCUT2D eigenvalue weighted by molar-refractivity contribution is 9.10. The van der Waals surface area contributed by atoms with Crippen LogP contribution in [0.15, 0.2) is 40.9 Å². The SMILES string of the molecule is C[C@@H]1CN(C(=O)COc2ccc3cc(Br)ccc3c2)C[C@H]1C(=O)O. The van der Waals surface area contributed by atoms with Gasteiger partial charge in [0.1, 0.15) is 5.75 Å². The lowest BCUT2D eigenvalue weighted by molar-refractivity contribution is -0.142. The van der Waals surface area contributed by atoms with E-state index in [1.54, 1.807) is 4.90 Å². The van der Waals surface area contributed by atoms with Gasteiger partial charge in [-0.3, -0.25) is 9.59 Å². The summed E-state index contributed by atoms with van der Waals surface area (Å²) in [7, 11) is 0. The van der Waals surface area contributed by atoms with Crippen LogP contribution in [0.4, 0.5) is 0 Å². The van der Waals surface area contributed by atoms with Gasteiger partial charge in [-0.25, -0.2) is 0 Å². The van der Waals surface area contributed by atoms with Crippen molar-refractivity contribution in [3.8, 4) is 5.75 Å². The Morgan fingerprint density at radius 3 is 2.62 bits per heavy atom. The lowest BCUT2D eigenvalue weighted by Gasteiger charge is -2.16. The Morgan fingerprint density at radius 1 is 1.21 bits per heavy atom. The first-order chi connectivity index (χ1) is 11.4. The topological polar surface area (TPSA) is 66.8 Å². The zero-order valence-electron chi connectivity index (χ0n) is 13.2. The number of amides is 1. The summed E-state index contributed by atoms with van der Waals surface area (Å²) < 4.78 is 6.61. The molecule has 3 rings (SSSR count). The average Bonchev–Trinajstić information content (AvgIpc) is 2.94. The molecule has 1 aliphatic rings. The zero-order chi connectivity index (χ0) is 17.3. The highest BCUT2D eigenvalue weighted by atomic mass is 79.9. The molecule has 2 aromatic rings. The molecule has 126 valence electrons. The molecule has 1 heterocycles. The summed E-state index contributed by atoms with van der Waals surface area (Å²) in [4.78, 5) is 24.9. The number of ether oxygens (including phenoxy) is 1. The van der Waals surface area contributed by atoms with Crippen LogP contribution in [0.2, 0.25) is 0 Å². The number of carbonyl (C=O) groups is 2. The maximum Gasteiger partial charge on any atom is 0.308 e. The minimum Gasteiger partial charge on any atom is -0.484 e. The molecule has 1 N–H and O–H groups in total. The molecule has 0 aliphatic carbocycles. The van der Waals surface area contributed by atoms with Crippen molar-refractivity contribution in [1.29, 1.82) is 0 Å². The summed E-state index contributed by atoms with van der Waals surface area (Å²) in [6.45, 7) is 2.49. The molecular weight excluding hydrogens is 374 g/mol. The molecule has 0 bridgehead atoms. The van der Waals surface area contributed by atoms with Crippen LogP contribution in [0, 0.1) is 11.8 Å². The maximum absolute atomic E-state index is 12.2. The predicted octanol–water partition coefficient (Wildman–Crippen LogP) is 3.16. The number of carbonyl (C=O) groups excluding carboxylic acids is 1. The molecule has 0 spiro atoms. The van der Waals surface area contributed by atoms with Crippen molar-refractivity contribution in [2.75, 3.05) is 19.7 Å². The van der Waals surface area contributed by atoms with Gasteiger partial charge < -0.3 is 14.7 Å². The zero-order valence-corrected chi connectivity index (χ0v) is 14.8. The smallest absolute Gasteiger partial charge is 0.308 e. The van der Waals surface area contributed by atoms with Crippen LogP contribution in [0.3, 0.4) is 0 Å². The van der Waals surface area contributed by atoms with E-state index in [9.17, 15) is 9.59 Å².